The van der Waals surface area contributed by atoms with Gasteiger partial charge >= 0.3 is 0 Å². The van der Waals surface area contributed by atoms with Gasteiger partial charge in [0.25, 0.3) is 0 Å². The average Bonchev–Trinajstić information content (AvgIpc) is 1.63. The molecule has 2 heteroatoms. The Kier molecular flexibility index (Phi) is 3.47. The Bertz CT molecular complexity index is 97.1. The van der Waals surface area contributed by atoms with Crippen LogP contribution in [0.1, 0.15) is 27.2 Å². The maximum atomic E-state index is 10.4. The predicted octanol–water partition coefficient (Wildman–Crippen LogP) is 0.982. The molecule has 2 nitrogen and oxygen atoms in total. The number of carbonyl (C=O) groups is 1. The summed E-state index contributed by atoms with van der Waals surface area (Å²) in [5.74, 6) is 0.242. The third-order valence-corrected chi connectivity index (χ3v) is 1.43. The highest BCUT2D eigenvalue weighted by atomic mass is 16.3. The largest absolute Gasteiger partial charge is 0.393 e. The van der Waals surface area contributed by atoms with Gasteiger partial charge in [0, 0.05) is 6.42 Å². The third-order valence-electron chi connectivity index (χ3n) is 1.43. The zero-order chi connectivity index (χ0) is 7.44. The highest BCUT2D eigenvalue weighted by molar-refractivity contribution is 5.75. The van der Waals surface area contributed by atoms with Crippen LogP contribution < -0.4 is 0 Å². The Morgan fingerprint density at radius 1 is 1.56 bits per heavy atom. The van der Waals surface area contributed by atoms with Gasteiger partial charge in [-0.25, -0.2) is 0 Å². The Balaban J connectivity index is 3.50. The van der Waals surface area contributed by atoms with Crippen LogP contribution in [-0.4, -0.2) is 17.0 Å². The first-order chi connectivity index (χ1) is 4.04. The van der Waals surface area contributed by atoms with E-state index >= 15 is 0 Å². The summed E-state index contributed by atoms with van der Waals surface area (Å²) in [4.78, 5) is 10.4. The summed E-state index contributed by atoms with van der Waals surface area (Å²) in [6.07, 6.45) is 0.117. The molecule has 0 saturated heterocycles. The normalized spacial score (nSPS) is 16.9. The molecule has 0 rings (SSSR count). The van der Waals surface area contributed by atoms with Crippen molar-refractivity contribution in [3.05, 3.63) is 0 Å². The number of carbonyl (C=O) groups excluding carboxylic acids is 1. The second-order valence-electron chi connectivity index (χ2n) is 2.62. The lowest BCUT2D eigenvalue weighted by molar-refractivity contribution is -0.118. The van der Waals surface area contributed by atoms with E-state index in [0.29, 0.717) is 6.42 Å². The molecule has 0 aromatic carbocycles. The van der Waals surface area contributed by atoms with Crippen molar-refractivity contribution in [1.29, 1.82) is 0 Å². The fraction of sp³-hybridized carbons (Fsp3) is 0.857. The first-order valence-corrected chi connectivity index (χ1v) is 3.21. The SMILES string of the molecule is CC(=O)CC(C)C(C)O. The van der Waals surface area contributed by atoms with E-state index in [1.807, 2.05) is 6.92 Å². The molecule has 0 bridgehead atoms. The zero-order valence-corrected chi connectivity index (χ0v) is 6.22. The second-order valence-corrected chi connectivity index (χ2v) is 2.62. The number of hydrogen-bond acceptors (Lipinski definition) is 2. The maximum Gasteiger partial charge on any atom is 0.130 e. The number of rotatable bonds is 3. The van der Waals surface area contributed by atoms with Gasteiger partial charge in [-0.3, -0.25) is 0 Å². The molecule has 2 unspecified atom stereocenters. The molecule has 0 aliphatic heterocycles. The molecule has 0 radical (unpaired) electrons. The Hall–Kier alpha value is -0.370. The summed E-state index contributed by atoms with van der Waals surface area (Å²) < 4.78 is 0. The average molecular weight is 130 g/mol. The van der Waals surface area contributed by atoms with Crippen molar-refractivity contribution < 1.29 is 9.90 Å². The molecule has 0 heterocycles. The molecule has 1 N–H and O–H groups in total. The molecule has 0 aromatic heterocycles. The van der Waals surface area contributed by atoms with E-state index in [-0.39, 0.29) is 17.8 Å². The van der Waals surface area contributed by atoms with Crippen LogP contribution in [0.15, 0.2) is 0 Å². The van der Waals surface area contributed by atoms with Gasteiger partial charge in [0.05, 0.1) is 6.10 Å². The first-order valence-electron chi connectivity index (χ1n) is 3.21. The van der Waals surface area contributed by atoms with Gasteiger partial charge in [-0.2, -0.15) is 0 Å². The monoisotopic (exact) mass is 130 g/mol. The van der Waals surface area contributed by atoms with Crippen LogP contribution in [0.5, 0.6) is 0 Å². The first kappa shape index (κ1) is 8.63. The van der Waals surface area contributed by atoms with Crippen molar-refractivity contribution in [2.24, 2.45) is 5.92 Å². The smallest absolute Gasteiger partial charge is 0.130 e. The van der Waals surface area contributed by atoms with Crippen LogP contribution in [0.2, 0.25) is 0 Å². The molecule has 0 aliphatic carbocycles. The third kappa shape index (κ3) is 4.15. The Labute approximate surface area is 55.9 Å². The molecule has 0 spiro atoms. The van der Waals surface area contributed by atoms with Crippen molar-refractivity contribution in [3.8, 4) is 0 Å². The quantitative estimate of drug-likeness (QED) is 0.618. The van der Waals surface area contributed by atoms with Crippen molar-refractivity contribution in [3.63, 3.8) is 0 Å². The molecule has 0 saturated carbocycles. The van der Waals surface area contributed by atoms with E-state index in [1.165, 1.54) is 0 Å². The lowest BCUT2D eigenvalue weighted by Crippen LogP contribution is -2.15. The second kappa shape index (κ2) is 3.62. The fourth-order valence-corrected chi connectivity index (χ4v) is 0.624. The summed E-state index contributed by atoms with van der Waals surface area (Å²) in [6.45, 7) is 5.11. The molecular weight excluding hydrogens is 116 g/mol. The van der Waals surface area contributed by atoms with E-state index < -0.39 is 0 Å². The zero-order valence-electron chi connectivity index (χ0n) is 6.22. The predicted molar refractivity (Wildman–Crippen MR) is 36.1 cm³/mol. The summed E-state index contributed by atoms with van der Waals surface area (Å²) in [6, 6.07) is 0. The summed E-state index contributed by atoms with van der Waals surface area (Å²) >= 11 is 0. The van der Waals surface area contributed by atoms with Crippen molar-refractivity contribution in [1.82, 2.24) is 0 Å². The van der Waals surface area contributed by atoms with Crippen LogP contribution >= 0.6 is 0 Å². The maximum absolute atomic E-state index is 10.4. The molecule has 2 atom stereocenters. The van der Waals surface area contributed by atoms with Gasteiger partial charge in [0.2, 0.25) is 0 Å². The van der Waals surface area contributed by atoms with Gasteiger partial charge < -0.3 is 9.90 Å². The molecule has 0 fully saturated rings. The number of ketones is 1. The minimum Gasteiger partial charge on any atom is -0.393 e. The van der Waals surface area contributed by atoms with Gasteiger partial charge in [0.1, 0.15) is 5.78 Å². The summed E-state index contributed by atoms with van der Waals surface area (Å²) in [7, 11) is 0. The van der Waals surface area contributed by atoms with E-state index in [2.05, 4.69) is 0 Å². The van der Waals surface area contributed by atoms with Crippen molar-refractivity contribution in [2.75, 3.05) is 0 Å². The molecule has 0 amide bonds. The van der Waals surface area contributed by atoms with Crippen LogP contribution in [0, 0.1) is 5.92 Å². The lowest BCUT2D eigenvalue weighted by Gasteiger charge is -2.11. The Morgan fingerprint density at radius 2 is 2.00 bits per heavy atom. The number of Topliss-reactive ketones (excluding diaryl/α,β-unsaturated/α-hetero) is 1. The van der Waals surface area contributed by atoms with Crippen molar-refractivity contribution >= 4 is 5.78 Å². The highest BCUT2D eigenvalue weighted by Gasteiger charge is 2.09. The topological polar surface area (TPSA) is 37.3 Å². The minimum atomic E-state index is -0.367. The number of aliphatic hydroxyl groups is 1. The Morgan fingerprint density at radius 3 is 2.11 bits per heavy atom. The molecule has 0 aromatic rings. The van der Waals surface area contributed by atoms with Crippen LogP contribution in [-0.2, 0) is 4.79 Å². The molecule has 0 aliphatic rings. The van der Waals surface area contributed by atoms with Gasteiger partial charge in [0.15, 0.2) is 0 Å². The fourth-order valence-electron chi connectivity index (χ4n) is 0.624. The minimum absolute atomic E-state index is 0.0995. The van der Waals surface area contributed by atoms with E-state index in [1.54, 1.807) is 13.8 Å². The standard InChI is InChI=1S/C7H14O2/c1-5(7(3)9)4-6(2)8/h5,7,9H,4H2,1-3H3. The van der Waals surface area contributed by atoms with E-state index in [9.17, 15) is 4.79 Å². The van der Waals surface area contributed by atoms with Crippen molar-refractivity contribution in [2.45, 2.75) is 33.3 Å². The lowest BCUT2D eigenvalue weighted by atomic mass is 10.0. The van der Waals surface area contributed by atoms with E-state index in [4.69, 9.17) is 5.11 Å². The number of aliphatic hydroxyl groups excluding tert-OH is 1. The summed E-state index contributed by atoms with van der Waals surface area (Å²) in [5, 5.41) is 8.92. The molecule has 54 valence electrons. The molecular formula is C7H14O2. The van der Waals surface area contributed by atoms with E-state index in [0.717, 1.165) is 0 Å². The van der Waals surface area contributed by atoms with Crippen LogP contribution in [0.25, 0.3) is 0 Å². The van der Waals surface area contributed by atoms with Gasteiger partial charge in [-0.15, -0.1) is 0 Å². The van der Waals surface area contributed by atoms with Gasteiger partial charge in [-0.05, 0) is 19.8 Å². The van der Waals surface area contributed by atoms with Gasteiger partial charge in [-0.1, -0.05) is 6.92 Å². The highest BCUT2D eigenvalue weighted by Crippen LogP contribution is 2.06. The van der Waals surface area contributed by atoms with Crippen LogP contribution in [0.3, 0.4) is 0 Å². The summed E-state index contributed by atoms with van der Waals surface area (Å²) in [5.41, 5.74) is 0. The van der Waals surface area contributed by atoms with Crippen LogP contribution in [0.4, 0.5) is 0 Å². The molecule has 9 heavy (non-hydrogen) atoms. The number of hydrogen-bond donors (Lipinski definition) is 1.